The molecule has 0 spiro atoms. The molecule has 0 bridgehead atoms. The molecule has 0 N–H and O–H groups in total. The summed E-state index contributed by atoms with van der Waals surface area (Å²) in [6.45, 7) is 0. The predicted octanol–water partition coefficient (Wildman–Crippen LogP) is 0.800. The number of hydrogen-bond acceptors (Lipinski definition) is 5. The van der Waals surface area contributed by atoms with Crippen LogP contribution in [0.25, 0.3) is 0 Å². The Bertz CT molecular complexity index is 623. The van der Waals surface area contributed by atoms with Crippen LogP contribution in [0.4, 0.5) is 0 Å². The van der Waals surface area contributed by atoms with Crippen LogP contribution in [0.5, 0.6) is 5.75 Å². The molecule has 0 amide bonds. The van der Waals surface area contributed by atoms with Gasteiger partial charge in [-0.05, 0) is 12.1 Å². The van der Waals surface area contributed by atoms with Gasteiger partial charge in [-0.1, -0.05) is 18.2 Å². The van der Waals surface area contributed by atoms with Gasteiger partial charge in [-0.2, -0.15) is 8.42 Å². The molecule has 0 radical (unpaired) electrons. The van der Waals surface area contributed by atoms with Crippen LogP contribution in [0.2, 0.25) is 0 Å². The summed E-state index contributed by atoms with van der Waals surface area (Å²) in [6, 6.07) is 7.90. The van der Waals surface area contributed by atoms with Crippen LogP contribution in [0.1, 0.15) is 0 Å². The summed E-state index contributed by atoms with van der Waals surface area (Å²) in [6.07, 6.45) is 0. The normalized spacial score (nSPS) is 26.9. The largest absolute Gasteiger partial charge is 0.382 e. The number of alkyl halides is 1. The predicted molar refractivity (Wildman–Crippen MR) is 68.1 cm³/mol. The van der Waals surface area contributed by atoms with Crippen molar-refractivity contribution in [2.45, 2.75) is 10.6 Å². The summed E-state index contributed by atoms with van der Waals surface area (Å²) in [4.78, 5) is 0. The van der Waals surface area contributed by atoms with E-state index in [1.807, 2.05) is 0 Å². The SMILES string of the molecule is O=S1(=O)C[C@@H](Cl)[C@H](S(=O)(=O)Oc2ccccc2)C1. The smallest absolute Gasteiger partial charge is 0.314 e. The third-order valence-electron chi connectivity index (χ3n) is 2.56. The van der Waals surface area contributed by atoms with Gasteiger partial charge in [-0.15, -0.1) is 11.6 Å². The van der Waals surface area contributed by atoms with Gasteiger partial charge in [0.05, 0.1) is 16.9 Å². The van der Waals surface area contributed by atoms with Crippen LogP contribution in [0.3, 0.4) is 0 Å². The summed E-state index contributed by atoms with van der Waals surface area (Å²) >= 11 is 5.78. The average molecular weight is 311 g/mol. The van der Waals surface area contributed by atoms with E-state index in [9.17, 15) is 16.8 Å². The van der Waals surface area contributed by atoms with Crippen LogP contribution >= 0.6 is 11.6 Å². The van der Waals surface area contributed by atoms with Crippen molar-refractivity contribution in [3.05, 3.63) is 30.3 Å². The molecule has 5 nitrogen and oxygen atoms in total. The lowest BCUT2D eigenvalue weighted by molar-refractivity contribution is 0.475. The van der Waals surface area contributed by atoms with E-state index in [0.29, 0.717) is 0 Å². The molecule has 100 valence electrons. The molecular weight excluding hydrogens is 300 g/mol. The Morgan fingerprint density at radius 1 is 1.17 bits per heavy atom. The van der Waals surface area contributed by atoms with Crippen LogP contribution < -0.4 is 4.18 Å². The second-order valence-corrected chi connectivity index (χ2v) is 8.49. The molecule has 1 aliphatic heterocycles. The van der Waals surface area contributed by atoms with Crippen molar-refractivity contribution in [3.63, 3.8) is 0 Å². The number of sulfone groups is 1. The summed E-state index contributed by atoms with van der Waals surface area (Å²) in [5.41, 5.74) is 0. The molecule has 8 heteroatoms. The fourth-order valence-corrected chi connectivity index (χ4v) is 6.82. The van der Waals surface area contributed by atoms with Gasteiger partial charge < -0.3 is 4.18 Å². The van der Waals surface area contributed by atoms with Gasteiger partial charge in [0.15, 0.2) is 9.84 Å². The van der Waals surface area contributed by atoms with Crippen molar-refractivity contribution in [3.8, 4) is 5.75 Å². The fourth-order valence-electron chi connectivity index (χ4n) is 1.71. The quantitative estimate of drug-likeness (QED) is 0.609. The van der Waals surface area contributed by atoms with Gasteiger partial charge >= 0.3 is 10.1 Å². The van der Waals surface area contributed by atoms with Crippen molar-refractivity contribution < 1.29 is 21.0 Å². The third-order valence-corrected chi connectivity index (χ3v) is 6.96. The zero-order chi connectivity index (χ0) is 13.4. The Labute approximate surface area is 111 Å². The summed E-state index contributed by atoms with van der Waals surface area (Å²) < 4.78 is 51.4. The average Bonchev–Trinajstić information content (AvgIpc) is 2.54. The third kappa shape index (κ3) is 2.96. The second-order valence-electron chi connectivity index (χ2n) is 4.02. The molecule has 1 aliphatic rings. The topological polar surface area (TPSA) is 77.5 Å². The molecule has 1 heterocycles. The Kier molecular flexibility index (Phi) is 3.57. The molecule has 1 aromatic rings. The minimum atomic E-state index is -4.04. The van der Waals surface area contributed by atoms with Gasteiger partial charge in [-0.25, -0.2) is 8.42 Å². The number of rotatable bonds is 3. The van der Waals surface area contributed by atoms with E-state index in [4.69, 9.17) is 15.8 Å². The molecule has 0 aliphatic carbocycles. The second kappa shape index (κ2) is 4.71. The maximum absolute atomic E-state index is 11.9. The number of hydrogen-bond donors (Lipinski definition) is 0. The molecule has 0 saturated carbocycles. The Hall–Kier alpha value is -0.790. The Morgan fingerprint density at radius 2 is 1.78 bits per heavy atom. The highest BCUT2D eigenvalue weighted by Crippen LogP contribution is 2.26. The van der Waals surface area contributed by atoms with E-state index in [0.717, 1.165) is 0 Å². The van der Waals surface area contributed by atoms with E-state index < -0.39 is 36.3 Å². The van der Waals surface area contributed by atoms with E-state index in [-0.39, 0.29) is 11.5 Å². The van der Waals surface area contributed by atoms with Crippen molar-refractivity contribution in [1.29, 1.82) is 0 Å². The van der Waals surface area contributed by atoms with E-state index in [1.165, 1.54) is 12.1 Å². The highest BCUT2D eigenvalue weighted by molar-refractivity contribution is 7.94. The van der Waals surface area contributed by atoms with Crippen molar-refractivity contribution in [1.82, 2.24) is 0 Å². The minimum absolute atomic E-state index is 0.144. The zero-order valence-electron chi connectivity index (χ0n) is 9.19. The molecule has 1 aromatic carbocycles. The molecule has 18 heavy (non-hydrogen) atoms. The lowest BCUT2D eigenvalue weighted by Gasteiger charge is -2.13. The Balaban J connectivity index is 2.23. The van der Waals surface area contributed by atoms with Gasteiger partial charge in [0, 0.05) is 0 Å². The number of para-hydroxylation sites is 1. The molecule has 1 fully saturated rings. The lowest BCUT2D eigenvalue weighted by Crippen LogP contribution is -2.33. The fraction of sp³-hybridized carbons (Fsp3) is 0.400. The maximum Gasteiger partial charge on any atom is 0.314 e. The highest BCUT2D eigenvalue weighted by atomic mass is 35.5. The molecule has 2 atom stereocenters. The lowest BCUT2D eigenvalue weighted by atomic mass is 10.3. The first kappa shape index (κ1) is 13.6. The van der Waals surface area contributed by atoms with Crippen LogP contribution in [0.15, 0.2) is 30.3 Å². The van der Waals surface area contributed by atoms with Gasteiger partial charge in [0.2, 0.25) is 0 Å². The molecule has 0 unspecified atom stereocenters. The van der Waals surface area contributed by atoms with Gasteiger partial charge in [0.25, 0.3) is 0 Å². The minimum Gasteiger partial charge on any atom is -0.382 e. The van der Waals surface area contributed by atoms with Crippen LogP contribution in [0, 0.1) is 0 Å². The summed E-state index contributed by atoms with van der Waals surface area (Å²) in [5, 5.41) is -2.19. The molecule has 2 rings (SSSR count). The zero-order valence-corrected chi connectivity index (χ0v) is 11.6. The first-order chi connectivity index (χ1) is 8.30. The van der Waals surface area contributed by atoms with Gasteiger partial charge in [0.1, 0.15) is 11.0 Å². The highest BCUT2D eigenvalue weighted by Gasteiger charge is 2.45. The summed E-state index contributed by atoms with van der Waals surface area (Å²) in [5.74, 6) is -0.682. The Morgan fingerprint density at radius 3 is 2.28 bits per heavy atom. The van der Waals surface area contributed by atoms with Gasteiger partial charge in [-0.3, -0.25) is 0 Å². The van der Waals surface area contributed by atoms with Crippen molar-refractivity contribution in [2.24, 2.45) is 0 Å². The first-order valence-corrected chi connectivity index (χ1v) is 8.86. The van der Waals surface area contributed by atoms with E-state index in [2.05, 4.69) is 0 Å². The standard InChI is InChI=1S/C10H11ClO5S2/c11-9-6-17(12,13)7-10(9)18(14,15)16-8-4-2-1-3-5-8/h1-5,9-10H,6-7H2/t9-,10-/m1/s1. The van der Waals surface area contributed by atoms with E-state index in [1.54, 1.807) is 18.2 Å². The van der Waals surface area contributed by atoms with Crippen molar-refractivity contribution >= 4 is 31.6 Å². The molecule has 0 aromatic heterocycles. The maximum atomic E-state index is 11.9. The monoisotopic (exact) mass is 310 g/mol. The number of halogens is 1. The number of benzene rings is 1. The van der Waals surface area contributed by atoms with Crippen molar-refractivity contribution in [2.75, 3.05) is 11.5 Å². The van der Waals surface area contributed by atoms with E-state index >= 15 is 0 Å². The molecule has 1 saturated heterocycles. The first-order valence-electron chi connectivity index (χ1n) is 5.13. The van der Waals surface area contributed by atoms with Crippen LogP contribution in [-0.2, 0) is 20.0 Å². The summed E-state index contributed by atoms with van der Waals surface area (Å²) in [7, 11) is -7.46. The molecular formula is C10H11ClO5S2. The van der Waals surface area contributed by atoms with Crippen LogP contribution in [-0.4, -0.2) is 39.0 Å².